The minimum atomic E-state index is -0.937. The molecule has 0 aliphatic heterocycles. The van der Waals surface area contributed by atoms with E-state index in [9.17, 15) is 9.59 Å². The number of ether oxygens (including phenoxy) is 1. The van der Waals surface area contributed by atoms with Gasteiger partial charge in [-0.05, 0) is 25.1 Å². The number of carboxylic acids is 1. The number of rotatable bonds is 7. The van der Waals surface area contributed by atoms with E-state index < -0.39 is 5.97 Å². The lowest BCUT2D eigenvalue weighted by Crippen LogP contribution is -2.36. The van der Waals surface area contributed by atoms with Crippen LogP contribution < -0.4 is 4.74 Å². The van der Waals surface area contributed by atoms with Gasteiger partial charge < -0.3 is 14.7 Å². The maximum atomic E-state index is 11.9. The van der Waals surface area contributed by atoms with Crippen molar-refractivity contribution in [3.05, 3.63) is 27.7 Å². The molecule has 1 aromatic rings. The van der Waals surface area contributed by atoms with Gasteiger partial charge in [0, 0.05) is 17.6 Å². The molecule has 1 N–H and O–H groups in total. The number of benzene rings is 1. The molecular weight excluding hydrogens is 350 g/mol. The van der Waals surface area contributed by atoms with Crippen LogP contribution in [-0.4, -0.2) is 41.6 Å². The lowest BCUT2D eigenvalue weighted by molar-refractivity contribution is -0.139. The van der Waals surface area contributed by atoms with Gasteiger partial charge in [-0.3, -0.25) is 9.59 Å². The fourth-order valence-corrected chi connectivity index (χ4v) is 2.24. The summed E-state index contributed by atoms with van der Waals surface area (Å²) < 4.78 is 6.17. The van der Waals surface area contributed by atoms with Crippen molar-refractivity contribution in [3.63, 3.8) is 0 Å². The van der Waals surface area contributed by atoms with Gasteiger partial charge >= 0.3 is 5.97 Å². The van der Waals surface area contributed by atoms with Crippen molar-refractivity contribution in [2.24, 2.45) is 0 Å². The first-order valence-electron chi connectivity index (χ1n) is 6.01. The van der Waals surface area contributed by atoms with Gasteiger partial charge in [0.05, 0.1) is 11.4 Å². The smallest absolute Gasteiger partial charge is 0.305 e. The Morgan fingerprint density at radius 2 is 2.15 bits per heavy atom. The van der Waals surface area contributed by atoms with Gasteiger partial charge in [0.2, 0.25) is 0 Å². The number of halogens is 2. The molecule has 0 saturated heterocycles. The van der Waals surface area contributed by atoms with Crippen molar-refractivity contribution in [2.45, 2.75) is 13.3 Å². The highest BCUT2D eigenvalue weighted by Gasteiger charge is 2.14. The predicted molar refractivity (Wildman–Crippen MR) is 79.2 cm³/mol. The van der Waals surface area contributed by atoms with E-state index in [4.69, 9.17) is 21.4 Å². The molecule has 0 bridgehead atoms. The van der Waals surface area contributed by atoms with E-state index in [0.717, 1.165) is 4.47 Å². The van der Waals surface area contributed by atoms with Crippen molar-refractivity contribution in [2.75, 3.05) is 19.7 Å². The summed E-state index contributed by atoms with van der Waals surface area (Å²) in [5.41, 5.74) is 0. The molecule has 0 fully saturated rings. The predicted octanol–water partition coefficient (Wildman–Crippen LogP) is 2.80. The Balaban J connectivity index is 2.54. The molecule has 0 atom stereocenters. The van der Waals surface area contributed by atoms with Crippen LogP contribution in [0.15, 0.2) is 22.7 Å². The highest BCUT2D eigenvalue weighted by Crippen LogP contribution is 2.27. The first-order chi connectivity index (χ1) is 9.43. The maximum absolute atomic E-state index is 11.9. The van der Waals surface area contributed by atoms with Crippen LogP contribution >= 0.6 is 27.5 Å². The molecule has 0 aromatic heterocycles. The zero-order chi connectivity index (χ0) is 15.1. The zero-order valence-electron chi connectivity index (χ0n) is 10.9. The maximum Gasteiger partial charge on any atom is 0.305 e. The minimum Gasteiger partial charge on any atom is -0.482 e. The Labute approximate surface area is 130 Å². The molecule has 0 aliphatic rings. The Morgan fingerprint density at radius 3 is 2.70 bits per heavy atom. The molecular formula is C13H15BrClNO4. The van der Waals surface area contributed by atoms with Crippen LogP contribution in [0.2, 0.25) is 5.02 Å². The van der Waals surface area contributed by atoms with E-state index in [-0.39, 0.29) is 25.5 Å². The van der Waals surface area contributed by atoms with Gasteiger partial charge in [-0.25, -0.2) is 0 Å². The Hall–Kier alpha value is -1.27. The van der Waals surface area contributed by atoms with Crippen molar-refractivity contribution in [3.8, 4) is 5.75 Å². The van der Waals surface area contributed by atoms with Crippen LogP contribution in [0.5, 0.6) is 5.75 Å². The summed E-state index contributed by atoms with van der Waals surface area (Å²) in [7, 11) is 0. The molecule has 0 saturated carbocycles. The van der Waals surface area contributed by atoms with Crippen LogP contribution in [0.25, 0.3) is 0 Å². The van der Waals surface area contributed by atoms with E-state index in [1.807, 2.05) is 0 Å². The van der Waals surface area contributed by atoms with Gasteiger partial charge in [0.25, 0.3) is 5.91 Å². The van der Waals surface area contributed by atoms with Crippen LogP contribution in [0.3, 0.4) is 0 Å². The topological polar surface area (TPSA) is 66.8 Å². The number of amides is 1. The van der Waals surface area contributed by atoms with E-state index in [1.54, 1.807) is 25.1 Å². The first kappa shape index (κ1) is 16.8. The van der Waals surface area contributed by atoms with Gasteiger partial charge in [0.1, 0.15) is 5.75 Å². The third-order valence-electron chi connectivity index (χ3n) is 2.58. The number of aliphatic carboxylic acids is 1. The average molecular weight is 365 g/mol. The van der Waals surface area contributed by atoms with Crippen LogP contribution in [-0.2, 0) is 9.59 Å². The zero-order valence-corrected chi connectivity index (χ0v) is 13.3. The largest absolute Gasteiger partial charge is 0.482 e. The summed E-state index contributed by atoms with van der Waals surface area (Å²) in [6.07, 6.45) is -0.0847. The van der Waals surface area contributed by atoms with E-state index >= 15 is 0 Å². The SMILES string of the molecule is CCN(CCC(=O)O)C(=O)COc1ccc(Br)cc1Cl. The van der Waals surface area contributed by atoms with Crippen LogP contribution in [0, 0.1) is 0 Å². The standard InChI is InChI=1S/C13H15BrClNO4/c1-2-16(6-5-13(18)19)12(17)8-20-11-4-3-9(14)7-10(11)15/h3-4,7H,2,5-6,8H2,1H3,(H,18,19). The summed E-state index contributed by atoms with van der Waals surface area (Å²) in [5.74, 6) is -0.793. The first-order valence-corrected chi connectivity index (χ1v) is 7.18. The Bertz CT molecular complexity index is 495. The average Bonchev–Trinajstić information content (AvgIpc) is 2.38. The molecule has 5 nitrogen and oxygen atoms in total. The minimum absolute atomic E-state index is 0.0847. The molecule has 1 amide bonds. The number of carboxylic acid groups (broad SMARTS) is 1. The Kier molecular flexibility index (Phi) is 6.81. The molecule has 0 heterocycles. The number of likely N-dealkylation sites (N-methyl/N-ethyl adjacent to an activating group) is 1. The van der Waals surface area contributed by atoms with Crippen LogP contribution in [0.4, 0.5) is 0 Å². The molecule has 7 heteroatoms. The second-order valence-corrected chi connectivity index (χ2v) is 5.30. The molecule has 110 valence electrons. The summed E-state index contributed by atoms with van der Waals surface area (Å²) in [6, 6.07) is 5.09. The quantitative estimate of drug-likeness (QED) is 0.808. The van der Waals surface area contributed by atoms with Gasteiger partial charge in [0.15, 0.2) is 6.61 Å². The van der Waals surface area contributed by atoms with E-state index in [2.05, 4.69) is 15.9 Å². The van der Waals surface area contributed by atoms with Gasteiger partial charge in [-0.1, -0.05) is 27.5 Å². The van der Waals surface area contributed by atoms with Crippen LogP contribution in [0.1, 0.15) is 13.3 Å². The third-order valence-corrected chi connectivity index (χ3v) is 3.36. The van der Waals surface area contributed by atoms with Crippen molar-refractivity contribution < 1.29 is 19.4 Å². The van der Waals surface area contributed by atoms with Crippen molar-refractivity contribution in [1.29, 1.82) is 0 Å². The number of hydrogen-bond acceptors (Lipinski definition) is 3. The molecule has 0 spiro atoms. The number of hydrogen-bond donors (Lipinski definition) is 1. The molecule has 0 unspecified atom stereocenters. The van der Waals surface area contributed by atoms with Gasteiger partial charge in [-0.15, -0.1) is 0 Å². The summed E-state index contributed by atoms with van der Waals surface area (Å²) in [4.78, 5) is 23.8. The summed E-state index contributed by atoms with van der Waals surface area (Å²) in [6.45, 7) is 2.22. The molecule has 1 aromatic carbocycles. The highest BCUT2D eigenvalue weighted by molar-refractivity contribution is 9.10. The second-order valence-electron chi connectivity index (χ2n) is 3.98. The fourth-order valence-electron chi connectivity index (χ4n) is 1.51. The Morgan fingerprint density at radius 1 is 1.45 bits per heavy atom. The molecule has 0 aliphatic carbocycles. The molecule has 0 radical (unpaired) electrons. The van der Waals surface area contributed by atoms with E-state index in [1.165, 1.54) is 4.90 Å². The molecule has 1 rings (SSSR count). The highest BCUT2D eigenvalue weighted by atomic mass is 79.9. The number of nitrogens with zero attached hydrogens (tertiary/aromatic N) is 1. The number of carbonyl (C=O) groups is 2. The summed E-state index contributed by atoms with van der Waals surface area (Å²) >= 11 is 9.25. The van der Waals surface area contributed by atoms with Crippen molar-refractivity contribution >= 4 is 39.4 Å². The van der Waals surface area contributed by atoms with Crippen molar-refractivity contribution in [1.82, 2.24) is 4.90 Å². The van der Waals surface area contributed by atoms with Gasteiger partial charge in [-0.2, -0.15) is 0 Å². The monoisotopic (exact) mass is 363 g/mol. The third kappa shape index (κ3) is 5.38. The lowest BCUT2D eigenvalue weighted by atomic mass is 10.3. The number of carbonyl (C=O) groups excluding carboxylic acids is 1. The lowest BCUT2D eigenvalue weighted by Gasteiger charge is -2.20. The molecule has 20 heavy (non-hydrogen) atoms. The fraction of sp³-hybridized carbons (Fsp3) is 0.385. The normalized spacial score (nSPS) is 10.2. The summed E-state index contributed by atoms with van der Waals surface area (Å²) in [5, 5.41) is 9.02. The van der Waals surface area contributed by atoms with E-state index in [0.29, 0.717) is 17.3 Å². The second kappa shape index (κ2) is 8.11.